The average Bonchev–Trinajstić information content (AvgIpc) is 2.78. The number of hydrogen-bond acceptors (Lipinski definition) is 5. The van der Waals surface area contributed by atoms with Crippen molar-refractivity contribution in [2.45, 2.75) is 13.5 Å². The molecule has 7 nitrogen and oxygen atoms in total. The molecule has 3 aromatic rings. The van der Waals surface area contributed by atoms with E-state index in [-0.39, 0.29) is 24.4 Å². The predicted octanol–water partition coefficient (Wildman–Crippen LogP) is 5.93. The summed E-state index contributed by atoms with van der Waals surface area (Å²) in [4.78, 5) is 37.1. The number of nitro benzene ring substituents is 1. The first-order chi connectivity index (χ1) is 15.3. The highest BCUT2D eigenvalue weighted by Gasteiger charge is 2.21. The molecule has 0 aliphatic rings. The van der Waals surface area contributed by atoms with Crippen LogP contribution in [0.25, 0.3) is 0 Å². The summed E-state index contributed by atoms with van der Waals surface area (Å²) in [7, 11) is 0. The van der Waals surface area contributed by atoms with Crippen LogP contribution in [0.2, 0.25) is 10.0 Å². The zero-order chi connectivity index (χ0) is 23.3. The number of amides is 1. The van der Waals surface area contributed by atoms with Gasteiger partial charge in [-0.1, -0.05) is 29.3 Å². The predicted molar refractivity (Wildman–Crippen MR) is 122 cm³/mol. The summed E-state index contributed by atoms with van der Waals surface area (Å²) in [6.45, 7) is 2.08. The standard InChI is InChI=1S/C23H18Cl2N2O5/c1-2-32-23(29)16-6-9-19(10-7-16)26(14-17-3-8-18(24)13-21(17)25)22(28)15-4-11-20(12-5-15)27(30)31/h3-13H,2,14H2,1H3. The van der Waals surface area contributed by atoms with Crippen molar-refractivity contribution in [1.29, 1.82) is 0 Å². The third-order valence-electron chi connectivity index (χ3n) is 4.60. The molecule has 9 heteroatoms. The van der Waals surface area contributed by atoms with Crippen LogP contribution in [0.15, 0.2) is 66.7 Å². The van der Waals surface area contributed by atoms with Crippen molar-refractivity contribution in [1.82, 2.24) is 0 Å². The number of rotatable bonds is 7. The molecule has 0 N–H and O–H groups in total. The van der Waals surface area contributed by atoms with Gasteiger partial charge in [-0.2, -0.15) is 0 Å². The zero-order valence-corrected chi connectivity index (χ0v) is 18.5. The lowest BCUT2D eigenvalue weighted by molar-refractivity contribution is -0.384. The van der Waals surface area contributed by atoms with Crippen LogP contribution in [0.3, 0.4) is 0 Å². The molecule has 0 saturated heterocycles. The van der Waals surface area contributed by atoms with Gasteiger partial charge in [-0.05, 0) is 61.0 Å². The summed E-state index contributed by atoms with van der Waals surface area (Å²) < 4.78 is 4.99. The molecule has 0 fully saturated rings. The third kappa shape index (κ3) is 5.43. The summed E-state index contributed by atoms with van der Waals surface area (Å²) in [6.07, 6.45) is 0. The minimum Gasteiger partial charge on any atom is -0.462 e. The number of ether oxygens (including phenoxy) is 1. The SMILES string of the molecule is CCOC(=O)c1ccc(N(Cc2ccc(Cl)cc2Cl)C(=O)c2ccc([N+](=O)[O-])cc2)cc1. The van der Waals surface area contributed by atoms with Gasteiger partial charge in [-0.25, -0.2) is 4.79 Å². The molecule has 0 atom stereocenters. The number of nitrogens with zero attached hydrogens (tertiary/aromatic N) is 2. The van der Waals surface area contributed by atoms with E-state index in [4.69, 9.17) is 27.9 Å². The number of hydrogen-bond donors (Lipinski definition) is 0. The molecule has 0 unspecified atom stereocenters. The van der Waals surface area contributed by atoms with Crippen LogP contribution in [0, 0.1) is 10.1 Å². The summed E-state index contributed by atoms with van der Waals surface area (Å²) in [6, 6.07) is 16.7. The van der Waals surface area contributed by atoms with E-state index in [1.807, 2.05) is 0 Å². The van der Waals surface area contributed by atoms with Crippen LogP contribution < -0.4 is 4.90 Å². The van der Waals surface area contributed by atoms with Crippen molar-refractivity contribution >= 4 is 46.5 Å². The Morgan fingerprint density at radius 2 is 1.59 bits per heavy atom. The van der Waals surface area contributed by atoms with Gasteiger partial charge in [0.2, 0.25) is 0 Å². The quantitative estimate of drug-likeness (QED) is 0.241. The fraction of sp³-hybridized carbons (Fsp3) is 0.130. The van der Waals surface area contributed by atoms with E-state index in [2.05, 4.69) is 0 Å². The van der Waals surface area contributed by atoms with Crippen LogP contribution in [0.4, 0.5) is 11.4 Å². The fourth-order valence-electron chi connectivity index (χ4n) is 2.97. The molecule has 0 aromatic heterocycles. The maximum absolute atomic E-state index is 13.3. The Labute approximate surface area is 194 Å². The van der Waals surface area contributed by atoms with Crippen molar-refractivity contribution in [3.63, 3.8) is 0 Å². The minimum absolute atomic E-state index is 0.116. The Morgan fingerprint density at radius 3 is 2.16 bits per heavy atom. The van der Waals surface area contributed by atoms with Gasteiger partial charge in [0.15, 0.2) is 0 Å². The summed E-state index contributed by atoms with van der Waals surface area (Å²) in [5, 5.41) is 11.8. The van der Waals surface area contributed by atoms with Crippen molar-refractivity contribution in [2.75, 3.05) is 11.5 Å². The lowest BCUT2D eigenvalue weighted by atomic mass is 10.1. The Balaban J connectivity index is 1.97. The maximum atomic E-state index is 13.3. The van der Waals surface area contributed by atoms with Crippen LogP contribution >= 0.6 is 23.2 Å². The van der Waals surface area contributed by atoms with Crippen molar-refractivity contribution in [3.8, 4) is 0 Å². The second-order valence-corrected chi connectivity index (χ2v) is 7.54. The first-order valence-corrected chi connectivity index (χ1v) is 10.3. The molecule has 3 aromatic carbocycles. The van der Waals surface area contributed by atoms with Crippen LogP contribution in [-0.4, -0.2) is 23.4 Å². The third-order valence-corrected chi connectivity index (χ3v) is 5.19. The van der Waals surface area contributed by atoms with E-state index in [0.29, 0.717) is 26.9 Å². The van der Waals surface area contributed by atoms with Crippen LogP contribution in [0.5, 0.6) is 0 Å². The van der Waals surface area contributed by atoms with E-state index < -0.39 is 16.8 Å². The Kier molecular flexibility index (Phi) is 7.45. The summed E-state index contributed by atoms with van der Waals surface area (Å²) >= 11 is 12.3. The van der Waals surface area contributed by atoms with Crippen LogP contribution in [0.1, 0.15) is 33.2 Å². The number of benzene rings is 3. The van der Waals surface area contributed by atoms with Gasteiger partial charge in [0.05, 0.1) is 23.6 Å². The molecule has 0 saturated carbocycles. The molecule has 0 aliphatic carbocycles. The van der Waals surface area contributed by atoms with E-state index in [0.717, 1.165) is 0 Å². The molecule has 0 bridgehead atoms. The van der Waals surface area contributed by atoms with Crippen molar-refractivity contribution in [2.24, 2.45) is 0 Å². The van der Waals surface area contributed by atoms with E-state index in [1.165, 1.54) is 29.2 Å². The van der Waals surface area contributed by atoms with Gasteiger partial charge in [0, 0.05) is 33.4 Å². The van der Waals surface area contributed by atoms with Gasteiger partial charge >= 0.3 is 5.97 Å². The molecular formula is C23H18Cl2N2O5. The topological polar surface area (TPSA) is 89.8 Å². The number of esters is 1. The van der Waals surface area contributed by atoms with E-state index in [9.17, 15) is 19.7 Å². The van der Waals surface area contributed by atoms with Crippen LogP contribution in [-0.2, 0) is 11.3 Å². The number of nitro groups is 1. The smallest absolute Gasteiger partial charge is 0.338 e. The largest absolute Gasteiger partial charge is 0.462 e. The first kappa shape index (κ1) is 23.2. The highest BCUT2D eigenvalue weighted by atomic mass is 35.5. The number of carbonyl (C=O) groups is 2. The monoisotopic (exact) mass is 472 g/mol. The average molecular weight is 473 g/mol. The van der Waals surface area contributed by atoms with Crippen molar-refractivity contribution < 1.29 is 19.2 Å². The van der Waals surface area contributed by atoms with E-state index in [1.54, 1.807) is 49.4 Å². The second kappa shape index (κ2) is 10.3. The van der Waals surface area contributed by atoms with Gasteiger partial charge < -0.3 is 9.64 Å². The summed E-state index contributed by atoms with van der Waals surface area (Å²) in [5.41, 5.74) is 1.65. The lowest BCUT2D eigenvalue weighted by Crippen LogP contribution is -2.30. The molecule has 0 radical (unpaired) electrons. The highest BCUT2D eigenvalue weighted by Crippen LogP contribution is 2.27. The van der Waals surface area contributed by atoms with Crippen molar-refractivity contribution in [3.05, 3.63) is 104 Å². The fourth-order valence-corrected chi connectivity index (χ4v) is 3.44. The van der Waals surface area contributed by atoms with Gasteiger partial charge in [0.1, 0.15) is 0 Å². The highest BCUT2D eigenvalue weighted by molar-refractivity contribution is 6.35. The zero-order valence-electron chi connectivity index (χ0n) is 17.0. The van der Waals surface area contributed by atoms with Gasteiger partial charge in [-0.3, -0.25) is 14.9 Å². The molecule has 164 valence electrons. The van der Waals surface area contributed by atoms with Gasteiger partial charge in [0.25, 0.3) is 11.6 Å². The number of halogens is 2. The normalized spacial score (nSPS) is 10.5. The molecule has 32 heavy (non-hydrogen) atoms. The number of anilines is 1. The molecular weight excluding hydrogens is 455 g/mol. The van der Waals surface area contributed by atoms with Gasteiger partial charge in [-0.15, -0.1) is 0 Å². The minimum atomic E-state index is -0.534. The lowest BCUT2D eigenvalue weighted by Gasteiger charge is -2.24. The molecule has 3 rings (SSSR count). The molecule has 1 amide bonds. The second-order valence-electron chi connectivity index (χ2n) is 6.70. The molecule has 0 aliphatic heterocycles. The maximum Gasteiger partial charge on any atom is 0.338 e. The number of carbonyl (C=O) groups excluding carboxylic acids is 2. The Morgan fingerprint density at radius 1 is 0.969 bits per heavy atom. The summed E-state index contributed by atoms with van der Waals surface area (Å²) in [5.74, 6) is -0.858. The molecule has 0 heterocycles. The van der Waals surface area contributed by atoms with E-state index >= 15 is 0 Å². The molecule has 0 spiro atoms. The number of non-ortho nitro benzene ring substituents is 1. The Bertz CT molecular complexity index is 1150. The Hall–Kier alpha value is -3.42. The first-order valence-electron chi connectivity index (χ1n) is 9.57.